The van der Waals surface area contributed by atoms with Gasteiger partial charge in [0, 0.05) is 44.3 Å². The molecule has 2 aromatic rings. The smallest absolute Gasteiger partial charge is 0.267 e. The van der Waals surface area contributed by atoms with E-state index in [1.54, 1.807) is 11.6 Å². The molecule has 28 heavy (non-hydrogen) atoms. The lowest BCUT2D eigenvalue weighted by molar-refractivity contribution is -0.124. The van der Waals surface area contributed by atoms with Crippen LogP contribution in [-0.4, -0.2) is 46.1 Å². The Hall–Kier alpha value is -2.47. The fourth-order valence-electron chi connectivity index (χ4n) is 3.90. The number of rotatable bonds is 6. The van der Waals surface area contributed by atoms with Crippen molar-refractivity contribution in [3.8, 4) is 0 Å². The second kappa shape index (κ2) is 9.64. The van der Waals surface area contributed by atoms with Gasteiger partial charge in [0.15, 0.2) is 0 Å². The van der Waals surface area contributed by atoms with Gasteiger partial charge in [-0.05, 0) is 36.6 Å². The molecule has 2 N–H and O–H groups in total. The molecule has 1 fully saturated rings. The molecule has 5 heteroatoms. The highest BCUT2D eigenvalue weighted by Gasteiger charge is 2.29. The monoisotopic (exact) mass is 379 g/mol. The van der Waals surface area contributed by atoms with Crippen LogP contribution >= 0.6 is 0 Å². The van der Waals surface area contributed by atoms with Crippen molar-refractivity contribution in [1.82, 2.24) is 15.3 Å². The van der Waals surface area contributed by atoms with E-state index in [4.69, 9.17) is 5.21 Å². The Bertz CT molecular complexity index is 777. The SMILES string of the molecule is C[C@@H]1CN(Cc2ccc(C=CC(=O)NO)cc2)C[C@H](C)N1Cc1ccccc1. The molecule has 1 aliphatic rings. The maximum atomic E-state index is 11.1. The van der Waals surface area contributed by atoms with E-state index in [0.29, 0.717) is 12.1 Å². The number of amides is 1. The highest BCUT2D eigenvalue weighted by molar-refractivity contribution is 5.90. The minimum absolute atomic E-state index is 0.503. The number of benzene rings is 2. The van der Waals surface area contributed by atoms with E-state index in [2.05, 4.69) is 66.1 Å². The molecule has 1 saturated heterocycles. The Labute approximate surface area is 167 Å². The van der Waals surface area contributed by atoms with Gasteiger partial charge in [0.25, 0.3) is 5.91 Å². The van der Waals surface area contributed by atoms with Crippen molar-refractivity contribution in [1.29, 1.82) is 0 Å². The lowest BCUT2D eigenvalue weighted by Gasteiger charge is -2.44. The molecule has 2 atom stereocenters. The van der Waals surface area contributed by atoms with E-state index in [-0.39, 0.29) is 0 Å². The average Bonchev–Trinajstić information content (AvgIpc) is 2.71. The molecular formula is C23H29N3O2. The van der Waals surface area contributed by atoms with Gasteiger partial charge < -0.3 is 0 Å². The zero-order chi connectivity index (χ0) is 19.9. The van der Waals surface area contributed by atoms with Crippen molar-refractivity contribution in [2.45, 2.75) is 39.0 Å². The number of nitrogens with one attached hydrogen (secondary N) is 1. The van der Waals surface area contributed by atoms with Crippen molar-refractivity contribution >= 4 is 12.0 Å². The predicted octanol–water partition coefficient (Wildman–Crippen LogP) is 3.30. The van der Waals surface area contributed by atoms with Gasteiger partial charge in [-0.25, -0.2) is 5.48 Å². The third kappa shape index (κ3) is 5.52. The second-order valence-electron chi connectivity index (χ2n) is 7.60. The Kier molecular flexibility index (Phi) is 6.98. The lowest BCUT2D eigenvalue weighted by atomic mass is 10.0. The Morgan fingerprint density at radius 3 is 2.21 bits per heavy atom. The van der Waals surface area contributed by atoms with Crippen molar-refractivity contribution in [2.24, 2.45) is 0 Å². The Morgan fingerprint density at radius 2 is 1.61 bits per heavy atom. The van der Waals surface area contributed by atoms with E-state index in [1.807, 2.05) is 12.1 Å². The second-order valence-corrected chi connectivity index (χ2v) is 7.60. The first-order chi connectivity index (χ1) is 13.5. The third-order valence-electron chi connectivity index (χ3n) is 5.31. The number of piperazine rings is 1. The summed E-state index contributed by atoms with van der Waals surface area (Å²) >= 11 is 0. The molecule has 3 rings (SSSR count). The normalized spacial score (nSPS) is 21.1. The van der Waals surface area contributed by atoms with Crippen LogP contribution in [0, 0.1) is 0 Å². The van der Waals surface area contributed by atoms with E-state index >= 15 is 0 Å². The molecule has 0 radical (unpaired) electrons. The van der Waals surface area contributed by atoms with Gasteiger partial charge in [0.05, 0.1) is 0 Å². The Morgan fingerprint density at radius 1 is 1.00 bits per heavy atom. The third-order valence-corrected chi connectivity index (χ3v) is 5.31. The summed E-state index contributed by atoms with van der Waals surface area (Å²) in [5.74, 6) is -0.527. The van der Waals surface area contributed by atoms with E-state index in [1.165, 1.54) is 17.2 Å². The molecule has 0 spiro atoms. The number of carbonyl (C=O) groups excluding carboxylic acids is 1. The van der Waals surface area contributed by atoms with Crippen LogP contribution in [0.2, 0.25) is 0 Å². The van der Waals surface area contributed by atoms with Gasteiger partial charge in [-0.3, -0.25) is 19.8 Å². The first-order valence-corrected chi connectivity index (χ1v) is 9.78. The molecule has 1 heterocycles. The van der Waals surface area contributed by atoms with Crippen LogP contribution in [0.5, 0.6) is 0 Å². The summed E-state index contributed by atoms with van der Waals surface area (Å²) in [5, 5.41) is 8.52. The zero-order valence-corrected chi connectivity index (χ0v) is 16.6. The molecule has 5 nitrogen and oxygen atoms in total. The molecule has 0 unspecified atom stereocenters. The van der Waals surface area contributed by atoms with Gasteiger partial charge in [0.1, 0.15) is 0 Å². The van der Waals surface area contributed by atoms with Gasteiger partial charge in [-0.15, -0.1) is 0 Å². The van der Waals surface area contributed by atoms with Crippen LogP contribution in [0.4, 0.5) is 0 Å². The molecular weight excluding hydrogens is 350 g/mol. The molecule has 148 valence electrons. The first kappa shape index (κ1) is 20.3. The predicted molar refractivity (Wildman–Crippen MR) is 112 cm³/mol. The summed E-state index contributed by atoms with van der Waals surface area (Å²) in [6.07, 6.45) is 2.99. The van der Waals surface area contributed by atoms with Crippen molar-refractivity contribution in [3.63, 3.8) is 0 Å². The van der Waals surface area contributed by atoms with Crippen molar-refractivity contribution < 1.29 is 10.0 Å². The maximum Gasteiger partial charge on any atom is 0.267 e. The summed E-state index contributed by atoms with van der Waals surface area (Å²) in [7, 11) is 0. The van der Waals surface area contributed by atoms with E-state index in [9.17, 15) is 4.79 Å². The highest BCUT2D eigenvalue weighted by atomic mass is 16.5. The topological polar surface area (TPSA) is 55.8 Å². The van der Waals surface area contributed by atoms with Gasteiger partial charge in [0.2, 0.25) is 0 Å². The molecule has 1 amide bonds. The van der Waals surface area contributed by atoms with Crippen LogP contribution in [0.25, 0.3) is 6.08 Å². The summed E-state index contributed by atoms with van der Waals surface area (Å²) in [6, 6.07) is 19.9. The minimum atomic E-state index is -0.527. The molecule has 2 aromatic carbocycles. The fourth-order valence-corrected chi connectivity index (χ4v) is 3.90. The zero-order valence-electron chi connectivity index (χ0n) is 16.6. The largest absolute Gasteiger partial charge is 0.296 e. The number of hydroxylamine groups is 1. The summed E-state index contributed by atoms with van der Waals surface area (Å²) < 4.78 is 0. The highest BCUT2D eigenvalue weighted by Crippen LogP contribution is 2.21. The number of hydrogen-bond acceptors (Lipinski definition) is 4. The quantitative estimate of drug-likeness (QED) is 0.459. The number of nitrogens with zero attached hydrogens (tertiary/aromatic N) is 2. The van der Waals surface area contributed by atoms with Gasteiger partial charge in [-0.2, -0.15) is 0 Å². The van der Waals surface area contributed by atoms with Gasteiger partial charge >= 0.3 is 0 Å². The molecule has 0 bridgehead atoms. The lowest BCUT2D eigenvalue weighted by Crippen LogP contribution is -2.55. The molecule has 0 aliphatic carbocycles. The molecule has 0 saturated carbocycles. The first-order valence-electron chi connectivity index (χ1n) is 9.78. The summed E-state index contributed by atoms with van der Waals surface area (Å²) in [6.45, 7) is 8.65. The van der Waals surface area contributed by atoms with Crippen molar-refractivity contribution in [3.05, 3.63) is 77.4 Å². The van der Waals surface area contributed by atoms with Crippen LogP contribution in [-0.2, 0) is 17.9 Å². The van der Waals surface area contributed by atoms with Crippen LogP contribution < -0.4 is 5.48 Å². The Balaban J connectivity index is 1.56. The summed E-state index contributed by atoms with van der Waals surface area (Å²) in [5.41, 5.74) is 5.16. The van der Waals surface area contributed by atoms with E-state index in [0.717, 1.165) is 31.7 Å². The average molecular weight is 380 g/mol. The number of hydrogen-bond donors (Lipinski definition) is 2. The molecule has 1 aliphatic heterocycles. The van der Waals surface area contributed by atoms with Crippen LogP contribution in [0.15, 0.2) is 60.7 Å². The fraction of sp³-hybridized carbons (Fsp3) is 0.348. The van der Waals surface area contributed by atoms with E-state index < -0.39 is 5.91 Å². The standard InChI is InChI=1S/C23H29N3O2/c1-18-14-25(15-19(2)26(18)17-21-6-4-3-5-7-21)16-22-10-8-20(9-11-22)12-13-23(27)24-28/h3-13,18-19,28H,14-17H2,1-2H3,(H,24,27)/t18-,19+. The number of carbonyl (C=O) groups is 1. The minimum Gasteiger partial charge on any atom is -0.296 e. The van der Waals surface area contributed by atoms with Crippen LogP contribution in [0.3, 0.4) is 0 Å². The maximum absolute atomic E-state index is 11.1. The van der Waals surface area contributed by atoms with Crippen LogP contribution in [0.1, 0.15) is 30.5 Å². The van der Waals surface area contributed by atoms with Gasteiger partial charge in [-0.1, -0.05) is 54.6 Å². The summed E-state index contributed by atoms with van der Waals surface area (Å²) in [4.78, 5) is 16.2. The molecule has 0 aromatic heterocycles. The van der Waals surface area contributed by atoms with Crippen molar-refractivity contribution in [2.75, 3.05) is 13.1 Å².